The predicted molar refractivity (Wildman–Crippen MR) is 81.8 cm³/mol. The lowest BCUT2D eigenvalue weighted by atomic mass is 10.1. The summed E-state index contributed by atoms with van der Waals surface area (Å²) < 4.78 is 5.55. The van der Waals surface area contributed by atoms with Gasteiger partial charge in [0.2, 0.25) is 5.11 Å². The van der Waals surface area contributed by atoms with Crippen LogP contribution in [0.3, 0.4) is 0 Å². The molecule has 0 amide bonds. The van der Waals surface area contributed by atoms with Gasteiger partial charge in [-0.25, -0.2) is 10.6 Å². The molecule has 0 aliphatic heterocycles. The van der Waals surface area contributed by atoms with Gasteiger partial charge < -0.3 is 9.52 Å². The number of nitrogens with two attached hydrogens (primary N) is 1. The highest BCUT2D eigenvalue weighted by Gasteiger charge is 2.06. The van der Waals surface area contributed by atoms with E-state index in [4.69, 9.17) is 27.6 Å². The summed E-state index contributed by atoms with van der Waals surface area (Å²) in [5.74, 6) is 5.22. The molecule has 0 aliphatic rings. The number of aromatic carboxylic acids is 1. The zero-order chi connectivity index (χ0) is 15.2. The van der Waals surface area contributed by atoms with E-state index in [9.17, 15) is 4.79 Å². The van der Waals surface area contributed by atoms with Crippen molar-refractivity contribution in [2.24, 2.45) is 10.9 Å². The molecule has 0 radical (unpaired) electrons. The molecular formula is C13H12N4O3S. The minimum atomic E-state index is -0.968. The Labute approximate surface area is 125 Å². The van der Waals surface area contributed by atoms with Crippen molar-refractivity contribution in [2.75, 3.05) is 0 Å². The predicted octanol–water partition coefficient (Wildman–Crippen LogP) is 1.32. The van der Waals surface area contributed by atoms with E-state index in [1.807, 2.05) is 0 Å². The molecule has 2 aromatic rings. The third kappa shape index (κ3) is 3.88. The van der Waals surface area contributed by atoms with Gasteiger partial charge >= 0.3 is 5.97 Å². The second kappa shape index (κ2) is 6.64. The first-order chi connectivity index (χ1) is 10.1. The third-order valence-corrected chi connectivity index (χ3v) is 2.74. The van der Waals surface area contributed by atoms with Crippen LogP contribution in [0.25, 0.3) is 11.3 Å². The van der Waals surface area contributed by atoms with E-state index in [2.05, 4.69) is 16.0 Å². The first-order valence-corrected chi connectivity index (χ1v) is 6.24. The van der Waals surface area contributed by atoms with E-state index in [-0.39, 0.29) is 10.7 Å². The number of nitrogens with zero attached hydrogens (tertiary/aromatic N) is 1. The molecule has 0 atom stereocenters. The van der Waals surface area contributed by atoms with Crippen LogP contribution >= 0.6 is 12.2 Å². The number of nitrogens with one attached hydrogen (secondary N) is 2. The number of rotatable bonds is 4. The zero-order valence-electron chi connectivity index (χ0n) is 10.7. The number of thiocarbonyl (C=S) groups is 1. The van der Waals surface area contributed by atoms with Crippen LogP contribution in [0.2, 0.25) is 0 Å². The normalized spacial score (nSPS) is 10.5. The van der Waals surface area contributed by atoms with Gasteiger partial charge in [-0.3, -0.25) is 10.9 Å². The molecule has 1 aromatic carbocycles. The van der Waals surface area contributed by atoms with Crippen molar-refractivity contribution in [2.45, 2.75) is 0 Å². The molecular weight excluding hydrogens is 292 g/mol. The highest BCUT2D eigenvalue weighted by Crippen LogP contribution is 2.21. The van der Waals surface area contributed by atoms with Crippen LogP contribution < -0.4 is 16.7 Å². The number of carbonyl (C=O) groups is 1. The second-order valence-electron chi connectivity index (χ2n) is 3.93. The fraction of sp³-hybridized carbons (Fsp3) is 0. The topological polar surface area (TPSA) is 113 Å². The first kappa shape index (κ1) is 14.7. The van der Waals surface area contributed by atoms with Crippen molar-refractivity contribution in [1.29, 1.82) is 0 Å². The van der Waals surface area contributed by atoms with Crippen LogP contribution in [0, 0.1) is 0 Å². The van der Waals surface area contributed by atoms with E-state index in [1.165, 1.54) is 18.3 Å². The minimum Gasteiger partial charge on any atom is -0.478 e. The van der Waals surface area contributed by atoms with E-state index < -0.39 is 5.97 Å². The number of hydrazone groups is 1. The molecule has 108 valence electrons. The Balaban J connectivity index is 2.09. The van der Waals surface area contributed by atoms with Crippen molar-refractivity contribution >= 4 is 29.5 Å². The summed E-state index contributed by atoms with van der Waals surface area (Å²) in [6, 6.07) is 9.87. The Bertz CT molecular complexity index is 679. The number of carboxylic acid groups (broad SMARTS) is 1. The van der Waals surface area contributed by atoms with E-state index >= 15 is 0 Å². The molecule has 1 heterocycles. The number of hydrazine groups is 1. The minimum absolute atomic E-state index is 0.183. The maximum atomic E-state index is 10.8. The fourth-order valence-electron chi connectivity index (χ4n) is 1.54. The Morgan fingerprint density at radius 3 is 2.62 bits per heavy atom. The third-order valence-electron chi connectivity index (χ3n) is 2.53. The van der Waals surface area contributed by atoms with E-state index in [0.29, 0.717) is 11.5 Å². The summed E-state index contributed by atoms with van der Waals surface area (Å²) in [5, 5.41) is 12.8. The molecule has 7 nitrogen and oxygen atoms in total. The van der Waals surface area contributed by atoms with Crippen LogP contribution in [0.4, 0.5) is 0 Å². The number of furan rings is 1. The van der Waals surface area contributed by atoms with Gasteiger partial charge in [0.25, 0.3) is 0 Å². The quantitative estimate of drug-likeness (QED) is 0.291. The molecule has 1 aromatic heterocycles. The van der Waals surface area contributed by atoms with Gasteiger partial charge in [0.05, 0.1) is 11.8 Å². The van der Waals surface area contributed by atoms with Crippen LogP contribution in [0.5, 0.6) is 0 Å². The SMILES string of the molecule is NNC(=S)NN=Cc1ccc(-c2ccc(C(=O)O)cc2)o1. The standard InChI is InChI=1S/C13H12N4O3S/c14-16-13(21)17-15-7-10-5-6-11(20-10)8-1-3-9(4-2-8)12(18)19/h1-7H,14H2,(H,18,19)(H2,16,17,21). The van der Waals surface area contributed by atoms with Crippen molar-refractivity contribution in [3.8, 4) is 11.3 Å². The summed E-state index contributed by atoms with van der Waals surface area (Å²) in [6.45, 7) is 0. The molecule has 0 saturated heterocycles. The smallest absolute Gasteiger partial charge is 0.335 e. The van der Waals surface area contributed by atoms with Crippen molar-refractivity contribution in [3.63, 3.8) is 0 Å². The molecule has 5 N–H and O–H groups in total. The summed E-state index contributed by atoms with van der Waals surface area (Å²) in [7, 11) is 0. The van der Waals surface area contributed by atoms with Crippen LogP contribution in [-0.2, 0) is 0 Å². The molecule has 0 saturated carbocycles. The largest absolute Gasteiger partial charge is 0.478 e. The lowest BCUT2D eigenvalue weighted by Crippen LogP contribution is -2.37. The molecule has 0 unspecified atom stereocenters. The highest BCUT2D eigenvalue weighted by atomic mass is 32.1. The average Bonchev–Trinajstić information content (AvgIpc) is 2.96. The van der Waals surface area contributed by atoms with Crippen LogP contribution in [-0.4, -0.2) is 22.4 Å². The van der Waals surface area contributed by atoms with Crippen molar-refractivity contribution in [3.05, 3.63) is 47.7 Å². The van der Waals surface area contributed by atoms with Crippen molar-refractivity contribution < 1.29 is 14.3 Å². The van der Waals surface area contributed by atoms with Crippen LogP contribution in [0.15, 0.2) is 45.9 Å². The van der Waals surface area contributed by atoms with Gasteiger partial charge in [-0.15, -0.1) is 0 Å². The number of hydrogen-bond donors (Lipinski definition) is 4. The van der Waals surface area contributed by atoms with E-state index in [0.717, 1.165) is 5.56 Å². The highest BCUT2D eigenvalue weighted by molar-refractivity contribution is 7.80. The maximum absolute atomic E-state index is 10.8. The Kier molecular flexibility index (Phi) is 4.64. The van der Waals surface area contributed by atoms with Crippen LogP contribution in [0.1, 0.15) is 16.1 Å². The number of benzene rings is 1. The molecule has 2 rings (SSSR count). The Morgan fingerprint density at radius 1 is 1.29 bits per heavy atom. The summed E-state index contributed by atoms with van der Waals surface area (Å²) in [6.07, 6.45) is 1.44. The maximum Gasteiger partial charge on any atom is 0.335 e. The molecule has 21 heavy (non-hydrogen) atoms. The number of carboxylic acids is 1. The average molecular weight is 304 g/mol. The molecule has 0 aliphatic carbocycles. The summed E-state index contributed by atoms with van der Waals surface area (Å²) in [4.78, 5) is 10.8. The van der Waals surface area contributed by atoms with Gasteiger partial charge in [-0.2, -0.15) is 5.10 Å². The second-order valence-corrected chi connectivity index (χ2v) is 4.34. The van der Waals surface area contributed by atoms with E-state index in [1.54, 1.807) is 24.3 Å². The molecule has 0 fully saturated rings. The van der Waals surface area contributed by atoms with Gasteiger partial charge in [0.1, 0.15) is 11.5 Å². The Morgan fingerprint density at radius 2 is 2.00 bits per heavy atom. The molecule has 8 heteroatoms. The molecule has 0 spiro atoms. The lowest BCUT2D eigenvalue weighted by Gasteiger charge is -1.99. The zero-order valence-corrected chi connectivity index (χ0v) is 11.6. The van der Waals surface area contributed by atoms with Gasteiger partial charge in [0, 0.05) is 5.56 Å². The summed E-state index contributed by atoms with van der Waals surface area (Å²) in [5.41, 5.74) is 5.71. The monoisotopic (exact) mass is 304 g/mol. The van der Waals surface area contributed by atoms with Gasteiger partial charge in [-0.1, -0.05) is 12.1 Å². The molecule has 0 bridgehead atoms. The number of hydrogen-bond acceptors (Lipinski definition) is 5. The van der Waals surface area contributed by atoms with Gasteiger partial charge in [-0.05, 0) is 36.5 Å². The summed E-state index contributed by atoms with van der Waals surface area (Å²) >= 11 is 4.75. The fourth-order valence-corrected chi connectivity index (χ4v) is 1.59. The first-order valence-electron chi connectivity index (χ1n) is 5.83. The Hall–Kier alpha value is -2.71. The van der Waals surface area contributed by atoms with Gasteiger partial charge in [0.15, 0.2) is 0 Å². The lowest BCUT2D eigenvalue weighted by molar-refractivity contribution is 0.0697. The van der Waals surface area contributed by atoms with Crippen molar-refractivity contribution in [1.82, 2.24) is 10.9 Å².